The van der Waals surface area contributed by atoms with E-state index in [1.165, 1.54) is 11.3 Å². The highest BCUT2D eigenvalue weighted by Crippen LogP contribution is 2.21. The maximum absolute atomic E-state index is 11.7. The van der Waals surface area contributed by atoms with E-state index in [0.29, 0.717) is 15.8 Å². The summed E-state index contributed by atoms with van der Waals surface area (Å²) in [5.41, 5.74) is 3.15. The second kappa shape index (κ2) is 7.59. The van der Waals surface area contributed by atoms with Crippen LogP contribution in [0.15, 0.2) is 46.0 Å². The molecule has 0 aliphatic carbocycles. The Morgan fingerprint density at radius 1 is 1.43 bits per heavy atom. The average molecular weight is 388 g/mol. The highest BCUT2D eigenvalue weighted by atomic mass is 79.9. The molecule has 0 bridgehead atoms. The number of nitrogens with zero attached hydrogens (tertiary/aromatic N) is 1. The van der Waals surface area contributed by atoms with Crippen molar-refractivity contribution in [2.45, 2.75) is 6.92 Å². The average Bonchev–Trinajstić information content (AvgIpc) is 2.89. The fourth-order valence-electron chi connectivity index (χ4n) is 1.45. The van der Waals surface area contributed by atoms with Crippen LogP contribution in [0, 0.1) is 0 Å². The van der Waals surface area contributed by atoms with E-state index in [9.17, 15) is 4.79 Å². The van der Waals surface area contributed by atoms with Gasteiger partial charge in [-0.05, 0) is 37.3 Å². The molecular formula is C14H12BrClN2O2S. The molecular weight excluding hydrogens is 376 g/mol. The van der Waals surface area contributed by atoms with Crippen LogP contribution < -0.4 is 10.2 Å². The predicted octanol–water partition coefficient (Wildman–Crippen LogP) is 4.08. The third-order valence-corrected chi connectivity index (χ3v) is 4.28. The molecule has 0 unspecified atom stereocenters. The first-order valence-corrected chi connectivity index (χ1v) is 8.00. The molecule has 0 aliphatic rings. The summed E-state index contributed by atoms with van der Waals surface area (Å²) in [5, 5.41) is 4.02. The normalized spacial score (nSPS) is 11.3. The van der Waals surface area contributed by atoms with Gasteiger partial charge in [0.05, 0.1) is 14.9 Å². The SMILES string of the molecule is CC(=NNC(=O)COc1cccc(Br)c1)c1ccc(Cl)s1. The van der Waals surface area contributed by atoms with Crippen LogP contribution in [0.25, 0.3) is 0 Å². The van der Waals surface area contributed by atoms with E-state index in [4.69, 9.17) is 16.3 Å². The topological polar surface area (TPSA) is 50.7 Å². The minimum atomic E-state index is -0.322. The summed E-state index contributed by atoms with van der Waals surface area (Å²) in [6.07, 6.45) is 0. The number of hydrogen-bond donors (Lipinski definition) is 1. The first-order valence-electron chi connectivity index (χ1n) is 6.02. The third-order valence-electron chi connectivity index (χ3n) is 2.44. The minimum absolute atomic E-state index is 0.0988. The number of ether oxygens (including phenoxy) is 1. The Balaban J connectivity index is 1.84. The van der Waals surface area contributed by atoms with Gasteiger partial charge in [0, 0.05) is 4.47 Å². The van der Waals surface area contributed by atoms with Crippen LogP contribution in [0.4, 0.5) is 0 Å². The zero-order chi connectivity index (χ0) is 15.2. The molecule has 2 rings (SSSR count). The zero-order valence-corrected chi connectivity index (χ0v) is 14.3. The van der Waals surface area contributed by atoms with E-state index in [1.54, 1.807) is 25.1 Å². The summed E-state index contributed by atoms with van der Waals surface area (Å²) in [4.78, 5) is 12.6. The van der Waals surface area contributed by atoms with Crippen LogP contribution in [-0.4, -0.2) is 18.2 Å². The van der Waals surface area contributed by atoms with Crippen molar-refractivity contribution in [1.29, 1.82) is 0 Å². The lowest BCUT2D eigenvalue weighted by atomic mass is 10.3. The van der Waals surface area contributed by atoms with Gasteiger partial charge in [-0.2, -0.15) is 5.10 Å². The monoisotopic (exact) mass is 386 g/mol. The molecule has 0 spiro atoms. The maximum Gasteiger partial charge on any atom is 0.277 e. The van der Waals surface area contributed by atoms with Crippen molar-refractivity contribution in [2.75, 3.05) is 6.61 Å². The van der Waals surface area contributed by atoms with Crippen LogP contribution in [0.3, 0.4) is 0 Å². The van der Waals surface area contributed by atoms with Gasteiger partial charge in [-0.25, -0.2) is 5.43 Å². The van der Waals surface area contributed by atoms with Crippen LogP contribution >= 0.6 is 38.9 Å². The van der Waals surface area contributed by atoms with Gasteiger partial charge in [-0.3, -0.25) is 4.79 Å². The molecule has 1 amide bonds. The van der Waals surface area contributed by atoms with Gasteiger partial charge in [-0.15, -0.1) is 11.3 Å². The van der Waals surface area contributed by atoms with Crippen LogP contribution in [-0.2, 0) is 4.79 Å². The lowest BCUT2D eigenvalue weighted by Gasteiger charge is -2.05. The molecule has 0 saturated carbocycles. The molecule has 1 aromatic carbocycles. The number of hydrazone groups is 1. The molecule has 0 atom stereocenters. The number of amides is 1. The molecule has 1 heterocycles. The Morgan fingerprint density at radius 3 is 2.90 bits per heavy atom. The van der Waals surface area contributed by atoms with Crippen LogP contribution in [0.2, 0.25) is 4.34 Å². The van der Waals surface area contributed by atoms with E-state index in [1.807, 2.05) is 18.2 Å². The van der Waals surface area contributed by atoms with E-state index in [0.717, 1.165) is 9.35 Å². The number of carbonyl (C=O) groups is 1. The molecule has 0 radical (unpaired) electrons. The van der Waals surface area contributed by atoms with Gasteiger partial charge in [0.2, 0.25) is 0 Å². The molecule has 4 nitrogen and oxygen atoms in total. The molecule has 0 saturated heterocycles. The van der Waals surface area contributed by atoms with E-state index < -0.39 is 0 Å². The fraction of sp³-hybridized carbons (Fsp3) is 0.143. The van der Waals surface area contributed by atoms with E-state index >= 15 is 0 Å². The lowest BCUT2D eigenvalue weighted by Crippen LogP contribution is -2.25. The summed E-state index contributed by atoms with van der Waals surface area (Å²) < 4.78 is 6.94. The summed E-state index contributed by atoms with van der Waals surface area (Å²) in [5.74, 6) is 0.294. The van der Waals surface area contributed by atoms with Crippen molar-refractivity contribution in [3.63, 3.8) is 0 Å². The van der Waals surface area contributed by atoms with Crippen molar-refractivity contribution in [3.05, 3.63) is 50.1 Å². The Hall–Kier alpha value is -1.37. The molecule has 0 aliphatic heterocycles. The number of carbonyl (C=O) groups excluding carboxylic acids is 1. The van der Waals surface area contributed by atoms with Crippen LogP contribution in [0.1, 0.15) is 11.8 Å². The highest BCUT2D eigenvalue weighted by Gasteiger charge is 2.05. The third kappa shape index (κ3) is 5.15. The summed E-state index contributed by atoms with van der Waals surface area (Å²) in [7, 11) is 0. The van der Waals surface area contributed by atoms with Crippen molar-refractivity contribution >= 4 is 50.5 Å². The highest BCUT2D eigenvalue weighted by molar-refractivity contribution is 9.10. The molecule has 1 aromatic heterocycles. The molecule has 0 fully saturated rings. The summed E-state index contributed by atoms with van der Waals surface area (Å²) in [6, 6.07) is 10.9. The van der Waals surface area contributed by atoms with Gasteiger partial charge in [-0.1, -0.05) is 33.6 Å². The number of hydrogen-bond acceptors (Lipinski definition) is 4. The van der Waals surface area contributed by atoms with Gasteiger partial charge in [0.15, 0.2) is 6.61 Å². The predicted molar refractivity (Wildman–Crippen MR) is 89.3 cm³/mol. The number of nitrogens with one attached hydrogen (secondary N) is 1. The maximum atomic E-state index is 11.7. The van der Waals surface area contributed by atoms with Gasteiger partial charge in [0.1, 0.15) is 5.75 Å². The number of halogens is 2. The van der Waals surface area contributed by atoms with Gasteiger partial charge >= 0.3 is 0 Å². The molecule has 2 aromatic rings. The summed E-state index contributed by atoms with van der Waals surface area (Å²) >= 11 is 10.6. The lowest BCUT2D eigenvalue weighted by molar-refractivity contribution is -0.123. The molecule has 1 N–H and O–H groups in total. The number of thiophene rings is 1. The molecule has 110 valence electrons. The van der Waals surface area contributed by atoms with Crippen molar-refractivity contribution in [3.8, 4) is 5.75 Å². The number of benzene rings is 1. The molecule has 21 heavy (non-hydrogen) atoms. The quantitative estimate of drug-likeness (QED) is 0.621. The first kappa shape index (κ1) is 16.0. The van der Waals surface area contributed by atoms with Crippen molar-refractivity contribution in [1.82, 2.24) is 5.43 Å². The van der Waals surface area contributed by atoms with Gasteiger partial charge in [0.25, 0.3) is 5.91 Å². The standard InChI is InChI=1S/C14H12BrClN2O2S/c1-9(12-5-6-13(16)21-12)17-18-14(19)8-20-11-4-2-3-10(15)7-11/h2-7H,8H2,1H3,(H,18,19). The Labute approximate surface area is 139 Å². The van der Waals surface area contributed by atoms with Crippen LogP contribution in [0.5, 0.6) is 5.75 Å². The second-order valence-electron chi connectivity index (χ2n) is 4.08. The Morgan fingerprint density at radius 2 is 2.24 bits per heavy atom. The largest absolute Gasteiger partial charge is 0.484 e. The Bertz CT molecular complexity index is 672. The minimum Gasteiger partial charge on any atom is -0.484 e. The van der Waals surface area contributed by atoms with E-state index in [2.05, 4.69) is 26.5 Å². The second-order valence-corrected chi connectivity index (χ2v) is 6.71. The molecule has 7 heteroatoms. The smallest absolute Gasteiger partial charge is 0.277 e. The number of rotatable bonds is 5. The van der Waals surface area contributed by atoms with Crippen molar-refractivity contribution < 1.29 is 9.53 Å². The zero-order valence-electron chi connectivity index (χ0n) is 11.1. The Kier molecular flexibility index (Phi) is 5.78. The fourth-order valence-corrected chi connectivity index (χ4v) is 2.81. The van der Waals surface area contributed by atoms with Crippen molar-refractivity contribution in [2.24, 2.45) is 5.10 Å². The first-order chi connectivity index (χ1) is 10.0. The summed E-state index contributed by atoms with van der Waals surface area (Å²) in [6.45, 7) is 1.70. The van der Waals surface area contributed by atoms with E-state index in [-0.39, 0.29) is 12.5 Å². The van der Waals surface area contributed by atoms with Gasteiger partial charge < -0.3 is 4.74 Å².